The van der Waals surface area contributed by atoms with E-state index < -0.39 is 6.10 Å². The molecule has 0 aliphatic carbocycles. The normalized spacial score (nSPS) is 21.3. The van der Waals surface area contributed by atoms with Crippen molar-refractivity contribution in [2.75, 3.05) is 19.6 Å². The predicted octanol–water partition coefficient (Wildman–Crippen LogP) is 2.58. The number of hydrogen-bond donors (Lipinski definition) is 1. The number of fused-ring (bicyclic) bond motifs is 1. The van der Waals surface area contributed by atoms with Crippen LogP contribution in [0.1, 0.15) is 17.9 Å². The van der Waals surface area contributed by atoms with E-state index in [2.05, 4.69) is 4.90 Å². The number of hydrogen-bond acceptors (Lipinski definition) is 4. The Balaban J connectivity index is 1.41. The van der Waals surface area contributed by atoms with E-state index in [1.807, 2.05) is 18.2 Å². The van der Waals surface area contributed by atoms with Crippen molar-refractivity contribution in [3.8, 4) is 0 Å². The summed E-state index contributed by atoms with van der Waals surface area (Å²) in [6.45, 7) is 2.54. The third-order valence-corrected chi connectivity index (χ3v) is 5.18. The molecule has 136 valence electrons. The molecule has 0 bridgehead atoms. The largest absolute Gasteiger partial charge is 0.419 e. The second-order valence-corrected chi connectivity index (χ2v) is 6.80. The van der Waals surface area contributed by atoms with Gasteiger partial charge in [-0.2, -0.15) is 0 Å². The molecule has 0 saturated carbocycles. The first-order valence-corrected chi connectivity index (χ1v) is 8.86. The van der Waals surface area contributed by atoms with Crippen molar-refractivity contribution < 1.29 is 13.9 Å². The van der Waals surface area contributed by atoms with Gasteiger partial charge in [-0.25, -0.2) is 9.18 Å². The fourth-order valence-electron chi connectivity index (χ4n) is 3.77. The number of halogens is 1. The van der Waals surface area contributed by atoms with E-state index in [-0.39, 0.29) is 17.5 Å². The van der Waals surface area contributed by atoms with Gasteiger partial charge < -0.3 is 9.52 Å². The number of nitrogens with zero attached hydrogens (tertiary/aromatic N) is 2. The van der Waals surface area contributed by atoms with Crippen LogP contribution in [0.4, 0.5) is 4.39 Å². The lowest BCUT2D eigenvalue weighted by atomic mass is 9.87. The second-order valence-electron chi connectivity index (χ2n) is 6.80. The molecule has 4 rings (SSSR count). The van der Waals surface area contributed by atoms with Gasteiger partial charge in [-0.3, -0.25) is 9.47 Å². The highest BCUT2D eigenvalue weighted by atomic mass is 19.1. The molecule has 5 nitrogen and oxygen atoms in total. The zero-order valence-corrected chi connectivity index (χ0v) is 14.3. The molecular weight excluding hydrogens is 335 g/mol. The molecule has 26 heavy (non-hydrogen) atoms. The number of para-hydroxylation sites is 2. The molecule has 1 aromatic heterocycles. The summed E-state index contributed by atoms with van der Waals surface area (Å²) in [5, 5.41) is 10.5. The number of aliphatic hydroxyl groups is 1. The Morgan fingerprint density at radius 3 is 2.65 bits per heavy atom. The lowest BCUT2D eigenvalue weighted by Gasteiger charge is -2.36. The summed E-state index contributed by atoms with van der Waals surface area (Å²) in [5.41, 5.74) is 2.35. The van der Waals surface area contributed by atoms with Crippen molar-refractivity contribution in [1.82, 2.24) is 9.47 Å². The number of piperidine rings is 1. The van der Waals surface area contributed by atoms with E-state index >= 15 is 0 Å². The quantitative estimate of drug-likeness (QED) is 0.781. The summed E-state index contributed by atoms with van der Waals surface area (Å²) in [4.78, 5) is 14.2. The minimum Gasteiger partial charge on any atom is -0.408 e. The van der Waals surface area contributed by atoms with Gasteiger partial charge in [0.15, 0.2) is 5.58 Å². The Kier molecular flexibility index (Phi) is 4.61. The van der Waals surface area contributed by atoms with Gasteiger partial charge >= 0.3 is 5.76 Å². The molecule has 0 spiro atoms. The number of benzene rings is 2. The molecule has 1 aliphatic heterocycles. The van der Waals surface area contributed by atoms with Gasteiger partial charge in [0, 0.05) is 25.6 Å². The van der Waals surface area contributed by atoms with Gasteiger partial charge in [0.25, 0.3) is 0 Å². The number of aliphatic hydroxyl groups excluding tert-OH is 1. The lowest BCUT2D eigenvalue weighted by molar-refractivity contribution is 0.0496. The van der Waals surface area contributed by atoms with Gasteiger partial charge in [-0.15, -0.1) is 0 Å². The monoisotopic (exact) mass is 356 g/mol. The van der Waals surface area contributed by atoms with Crippen LogP contribution in [0, 0.1) is 5.82 Å². The topological polar surface area (TPSA) is 58.6 Å². The minimum absolute atomic E-state index is 0.0179. The first kappa shape index (κ1) is 17.0. The molecule has 2 atom stereocenters. The SMILES string of the molecule is O=c1oc2ccccc2n1CCN1CC[C@@H](c2ccc(F)cc2)[C@H](O)C1. The summed E-state index contributed by atoms with van der Waals surface area (Å²) in [7, 11) is 0. The number of rotatable bonds is 4. The smallest absolute Gasteiger partial charge is 0.408 e. The fourth-order valence-corrected chi connectivity index (χ4v) is 3.77. The highest BCUT2D eigenvalue weighted by molar-refractivity contribution is 5.72. The Labute approximate surface area is 150 Å². The van der Waals surface area contributed by atoms with E-state index in [1.54, 1.807) is 22.8 Å². The number of β-amino-alcohol motifs (C(OH)–C–C–N with tert-alkyl or cyclic N) is 1. The van der Waals surface area contributed by atoms with Crippen LogP contribution in [-0.2, 0) is 6.54 Å². The molecule has 1 aliphatic rings. The average Bonchev–Trinajstić information content (AvgIpc) is 2.96. The summed E-state index contributed by atoms with van der Waals surface area (Å²) in [6.07, 6.45) is 0.292. The number of likely N-dealkylation sites (tertiary alicyclic amines) is 1. The van der Waals surface area contributed by atoms with Crippen molar-refractivity contribution >= 4 is 11.1 Å². The predicted molar refractivity (Wildman–Crippen MR) is 96.7 cm³/mol. The van der Waals surface area contributed by atoms with Crippen molar-refractivity contribution in [2.45, 2.75) is 25.0 Å². The van der Waals surface area contributed by atoms with Crippen LogP contribution in [0.3, 0.4) is 0 Å². The highest BCUT2D eigenvalue weighted by Crippen LogP contribution is 2.28. The maximum Gasteiger partial charge on any atom is 0.419 e. The molecule has 1 fully saturated rings. The van der Waals surface area contributed by atoms with E-state index in [4.69, 9.17) is 4.42 Å². The lowest BCUT2D eigenvalue weighted by Crippen LogP contribution is -2.44. The minimum atomic E-state index is -0.507. The Bertz CT molecular complexity index is 948. The second kappa shape index (κ2) is 7.05. The molecule has 2 aromatic carbocycles. The molecule has 6 heteroatoms. The molecule has 0 amide bonds. The van der Waals surface area contributed by atoms with Crippen molar-refractivity contribution in [3.05, 3.63) is 70.5 Å². The van der Waals surface area contributed by atoms with E-state index in [1.165, 1.54) is 12.1 Å². The maximum absolute atomic E-state index is 13.1. The van der Waals surface area contributed by atoms with Crippen molar-refractivity contribution in [1.29, 1.82) is 0 Å². The number of oxazole rings is 1. The highest BCUT2D eigenvalue weighted by Gasteiger charge is 2.28. The first-order chi connectivity index (χ1) is 12.6. The average molecular weight is 356 g/mol. The Morgan fingerprint density at radius 1 is 1.12 bits per heavy atom. The number of aromatic nitrogens is 1. The van der Waals surface area contributed by atoms with Crippen LogP contribution < -0.4 is 5.76 Å². The van der Waals surface area contributed by atoms with Gasteiger partial charge in [0.1, 0.15) is 5.82 Å². The summed E-state index contributed by atoms with van der Waals surface area (Å²) in [6, 6.07) is 13.7. The van der Waals surface area contributed by atoms with E-state index in [9.17, 15) is 14.3 Å². The Hall–Kier alpha value is -2.44. The van der Waals surface area contributed by atoms with Gasteiger partial charge in [-0.05, 0) is 42.8 Å². The van der Waals surface area contributed by atoms with E-state index in [0.29, 0.717) is 25.2 Å². The molecule has 1 saturated heterocycles. The standard InChI is InChI=1S/C20H21FN2O3/c21-15-7-5-14(6-8-15)16-9-10-22(13-18(16)24)11-12-23-17-3-1-2-4-19(17)26-20(23)25/h1-8,16,18,24H,9-13H2/t16-,18+/m0/s1. The molecule has 2 heterocycles. The van der Waals surface area contributed by atoms with Crippen molar-refractivity contribution in [3.63, 3.8) is 0 Å². The molecule has 1 N–H and O–H groups in total. The van der Waals surface area contributed by atoms with Gasteiger partial charge in [0.05, 0.1) is 11.6 Å². The van der Waals surface area contributed by atoms with Crippen LogP contribution in [0.2, 0.25) is 0 Å². The van der Waals surface area contributed by atoms with Crippen LogP contribution in [0.25, 0.3) is 11.1 Å². The van der Waals surface area contributed by atoms with Crippen LogP contribution >= 0.6 is 0 Å². The van der Waals surface area contributed by atoms with Gasteiger partial charge in [0.2, 0.25) is 0 Å². The van der Waals surface area contributed by atoms with Crippen molar-refractivity contribution in [2.24, 2.45) is 0 Å². The zero-order chi connectivity index (χ0) is 18.1. The molecule has 0 unspecified atom stereocenters. The summed E-state index contributed by atoms with van der Waals surface area (Å²) < 4.78 is 20.0. The molecular formula is C20H21FN2O3. The summed E-state index contributed by atoms with van der Waals surface area (Å²) in [5.74, 6) is -0.601. The van der Waals surface area contributed by atoms with Crippen LogP contribution in [0.15, 0.2) is 57.7 Å². The molecule has 3 aromatic rings. The maximum atomic E-state index is 13.1. The van der Waals surface area contributed by atoms with Crippen LogP contribution in [-0.4, -0.2) is 40.3 Å². The fraction of sp³-hybridized carbons (Fsp3) is 0.350. The molecule has 0 radical (unpaired) electrons. The third-order valence-electron chi connectivity index (χ3n) is 5.18. The van der Waals surface area contributed by atoms with E-state index in [0.717, 1.165) is 24.0 Å². The first-order valence-electron chi connectivity index (χ1n) is 8.86. The third kappa shape index (κ3) is 3.30. The Morgan fingerprint density at radius 2 is 1.88 bits per heavy atom. The zero-order valence-electron chi connectivity index (χ0n) is 14.3. The summed E-state index contributed by atoms with van der Waals surface area (Å²) >= 11 is 0. The van der Waals surface area contributed by atoms with Gasteiger partial charge in [-0.1, -0.05) is 24.3 Å². The van der Waals surface area contributed by atoms with Crippen LogP contribution in [0.5, 0.6) is 0 Å².